The van der Waals surface area contributed by atoms with Crippen LogP contribution in [0.5, 0.6) is 0 Å². The van der Waals surface area contributed by atoms with Gasteiger partial charge in [0.15, 0.2) is 11.5 Å². The van der Waals surface area contributed by atoms with Crippen molar-refractivity contribution in [2.45, 2.75) is 23.7 Å². The van der Waals surface area contributed by atoms with E-state index in [0.717, 1.165) is 21.9 Å². The fraction of sp³-hybridized carbons (Fsp3) is 0.188. The van der Waals surface area contributed by atoms with E-state index >= 15 is 0 Å². The number of para-hydroxylation sites is 2. The quantitative estimate of drug-likeness (QED) is 0.710. The highest BCUT2D eigenvalue weighted by atomic mass is 32.2. The number of nitrogens with two attached hydrogens (primary N) is 1. The minimum atomic E-state index is 0.609. The van der Waals surface area contributed by atoms with E-state index in [1.807, 2.05) is 54.6 Å². The van der Waals surface area contributed by atoms with Crippen molar-refractivity contribution in [1.29, 1.82) is 0 Å². The Labute approximate surface area is 122 Å². The highest BCUT2D eigenvalue weighted by Crippen LogP contribution is 2.40. The molecule has 2 aromatic carbocycles. The molecule has 0 saturated heterocycles. The molecular formula is C16H16N2OS. The lowest BCUT2D eigenvalue weighted by Crippen LogP contribution is -1.75. The monoisotopic (exact) mass is 284 g/mol. The molecule has 1 aromatic heterocycles. The molecule has 102 valence electrons. The molecule has 1 fully saturated rings. The minimum absolute atomic E-state index is 0.609. The molecule has 2 N–H and O–H groups in total. The van der Waals surface area contributed by atoms with Crippen LogP contribution in [0.3, 0.4) is 0 Å². The topological polar surface area (TPSA) is 52.0 Å². The van der Waals surface area contributed by atoms with Gasteiger partial charge in [-0.1, -0.05) is 30.3 Å². The summed E-state index contributed by atoms with van der Waals surface area (Å²) in [5, 5.41) is 5.27. The Hall–Kier alpha value is -1.78. The molecule has 4 rings (SSSR count). The van der Waals surface area contributed by atoms with Crippen molar-refractivity contribution in [3.05, 3.63) is 60.5 Å². The standard InChI is InChI=1S/C10H9NO.C6H7NS/c1-2-4-9-8(3-1)11-10(12-9)7-5-6-7;7-8-6-4-2-1-3-5-6/h1-4,7H,5-6H2;1-5H,7H2. The van der Waals surface area contributed by atoms with Crippen LogP contribution in [0.25, 0.3) is 11.1 Å². The average Bonchev–Trinajstić information content (AvgIpc) is 3.28. The molecule has 1 saturated carbocycles. The second kappa shape index (κ2) is 6.11. The Balaban J connectivity index is 0.000000133. The Kier molecular flexibility index (Phi) is 4.04. The second-order valence-corrected chi connectivity index (χ2v) is 5.43. The molecule has 4 heteroatoms. The predicted octanol–water partition coefficient (Wildman–Crippen LogP) is 4.36. The van der Waals surface area contributed by atoms with Gasteiger partial charge >= 0.3 is 0 Å². The van der Waals surface area contributed by atoms with Crippen molar-refractivity contribution in [3.63, 3.8) is 0 Å². The van der Waals surface area contributed by atoms with Crippen molar-refractivity contribution < 1.29 is 4.42 Å². The molecule has 0 unspecified atom stereocenters. The lowest BCUT2D eigenvalue weighted by Gasteiger charge is -1.88. The smallest absolute Gasteiger partial charge is 0.198 e. The van der Waals surface area contributed by atoms with Crippen LogP contribution in [-0.4, -0.2) is 4.98 Å². The zero-order valence-corrected chi connectivity index (χ0v) is 11.8. The van der Waals surface area contributed by atoms with Crippen molar-refractivity contribution in [1.82, 2.24) is 4.98 Å². The molecule has 20 heavy (non-hydrogen) atoms. The Morgan fingerprint density at radius 2 is 1.70 bits per heavy atom. The first-order valence-corrected chi connectivity index (χ1v) is 7.52. The third kappa shape index (κ3) is 3.21. The molecule has 0 bridgehead atoms. The first-order valence-electron chi connectivity index (χ1n) is 6.64. The zero-order chi connectivity index (χ0) is 13.8. The fourth-order valence-electron chi connectivity index (χ4n) is 1.89. The van der Waals surface area contributed by atoms with E-state index in [0.29, 0.717) is 5.92 Å². The number of fused-ring (bicyclic) bond motifs is 1. The molecule has 1 heterocycles. The van der Waals surface area contributed by atoms with Crippen LogP contribution in [0.4, 0.5) is 0 Å². The van der Waals surface area contributed by atoms with E-state index in [9.17, 15) is 0 Å². The molecule has 0 atom stereocenters. The Morgan fingerprint density at radius 3 is 2.30 bits per heavy atom. The van der Waals surface area contributed by atoms with E-state index in [4.69, 9.17) is 9.56 Å². The molecular weight excluding hydrogens is 268 g/mol. The summed E-state index contributed by atoms with van der Waals surface area (Å²) in [7, 11) is 0. The van der Waals surface area contributed by atoms with Gasteiger partial charge < -0.3 is 4.42 Å². The minimum Gasteiger partial charge on any atom is -0.440 e. The SMILES string of the molecule is NSc1ccccc1.c1ccc2oc(C3CC3)nc2c1. The summed E-state index contributed by atoms with van der Waals surface area (Å²) >= 11 is 1.27. The number of nitrogens with zero attached hydrogens (tertiary/aromatic N) is 1. The summed E-state index contributed by atoms with van der Waals surface area (Å²) < 4.78 is 5.58. The van der Waals surface area contributed by atoms with Crippen molar-refractivity contribution >= 4 is 23.0 Å². The summed E-state index contributed by atoms with van der Waals surface area (Å²) in [5.74, 6) is 1.54. The number of hydrogen-bond acceptors (Lipinski definition) is 4. The average molecular weight is 284 g/mol. The molecule has 0 amide bonds. The molecule has 3 aromatic rings. The number of aromatic nitrogens is 1. The van der Waals surface area contributed by atoms with Gasteiger partial charge in [0, 0.05) is 10.8 Å². The van der Waals surface area contributed by atoms with Crippen LogP contribution in [0.2, 0.25) is 0 Å². The van der Waals surface area contributed by atoms with Gasteiger partial charge in [0.25, 0.3) is 0 Å². The first kappa shape index (κ1) is 13.2. The maximum Gasteiger partial charge on any atom is 0.198 e. The van der Waals surface area contributed by atoms with E-state index in [1.165, 1.54) is 24.8 Å². The lowest BCUT2D eigenvalue weighted by molar-refractivity contribution is 0.533. The fourth-order valence-corrected chi connectivity index (χ4v) is 2.21. The van der Waals surface area contributed by atoms with Crippen LogP contribution in [-0.2, 0) is 0 Å². The lowest BCUT2D eigenvalue weighted by atomic mass is 10.3. The zero-order valence-electron chi connectivity index (χ0n) is 11.0. The first-order chi connectivity index (χ1) is 9.86. The molecule has 3 nitrogen and oxygen atoms in total. The second-order valence-electron chi connectivity index (χ2n) is 4.73. The van der Waals surface area contributed by atoms with Crippen LogP contribution in [0, 0.1) is 0 Å². The summed E-state index contributed by atoms with van der Waals surface area (Å²) in [6, 6.07) is 17.8. The summed E-state index contributed by atoms with van der Waals surface area (Å²) in [4.78, 5) is 5.51. The third-order valence-corrected chi connectivity index (χ3v) is 3.66. The van der Waals surface area contributed by atoms with Crippen molar-refractivity contribution in [3.8, 4) is 0 Å². The molecule has 0 radical (unpaired) electrons. The van der Waals surface area contributed by atoms with Crippen LogP contribution >= 0.6 is 11.9 Å². The summed E-state index contributed by atoms with van der Waals surface area (Å²) in [6.45, 7) is 0. The molecule has 1 aliphatic carbocycles. The highest BCUT2D eigenvalue weighted by Gasteiger charge is 2.28. The molecule has 0 spiro atoms. The van der Waals surface area contributed by atoms with Gasteiger partial charge in [-0.25, -0.2) is 4.98 Å². The maximum absolute atomic E-state index is 5.58. The van der Waals surface area contributed by atoms with Crippen LogP contribution in [0.15, 0.2) is 63.9 Å². The number of hydrogen-bond donors (Lipinski definition) is 1. The summed E-state index contributed by atoms with van der Waals surface area (Å²) in [6.07, 6.45) is 2.49. The molecule has 0 aliphatic heterocycles. The third-order valence-electron chi connectivity index (χ3n) is 3.12. The van der Waals surface area contributed by atoms with Crippen molar-refractivity contribution in [2.75, 3.05) is 0 Å². The van der Waals surface area contributed by atoms with Crippen LogP contribution < -0.4 is 5.14 Å². The highest BCUT2D eigenvalue weighted by molar-refractivity contribution is 7.97. The number of oxazole rings is 1. The van der Waals surface area contributed by atoms with Gasteiger partial charge in [0.2, 0.25) is 0 Å². The largest absolute Gasteiger partial charge is 0.440 e. The summed E-state index contributed by atoms with van der Waals surface area (Å²) in [5.41, 5.74) is 1.90. The van der Waals surface area contributed by atoms with Crippen LogP contribution in [0.1, 0.15) is 24.7 Å². The van der Waals surface area contributed by atoms with Gasteiger partial charge in [0.05, 0.1) is 0 Å². The van der Waals surface area contributed by atoms with Gasteiger partial charge in [-0.15, -0.1) is 0 Å². The maximum atomic E-state index is 5.58. The number of rotatable bonds is 2. The Morgan fingerprint density at radius 1 is 1.00 bits per heavy atom. The molecule has 1 aliphatic rings. The van der Waals surface area contributed by atoms with Gasteiger partial charge in [-0.05, 0) is 49.1 Å². The van der Waals surface area contributed by atoms with E-state index < -0.39 is 0 Å². The predicted molar refractivity (Wildman–Crippen MR) is 82.5 cm³/mol. The number of benzene rings is 2. The van der Waals surface area contributed by atoms with E-state index in [1.54, 1.807) is 0 Å². The van der Waals surface area contributed by atoms with E-state index in [2.05, 4.69) is 4.98 Å². The van der Waals surface area contributed by atoms with Gasteiger partial charge in [-0.2, -0.15) is 0 Å². The Bertz CT molecular complexity index is 644. The normalized spacial score (nSPS) is 13.8. The van der Waals surface area contributed by atoms with Crippen molar-refractivity contribution in [2.24, 2.45) is 5.14 Å². The van der Waals surface area contributed by atoms with Gasteiger partial charge in [-0.3, -0.25) is 5.14 Å². The van der Waals surface area contributed by atoms with Gasteiger partial charge in [0.1, 0.15) is 5.52 Å². The van der Waals surface area contributed by atoms with E-state index in [-0.39, 0.29) is 0 Å².